The number of nitrogens with one attached hydrogen (secondary N) is 1. The summed E-state index contributed by atoms with van der Waals surface area (Å²) in [7, 11) is -3.85. The highest BCUT2D eigenvalue weighted by Crippen LogP contribution is 2.47. The fourth-order valence-electron chi connectivity index (χ4n) is 6.68. The summed E-state index contributed by atoms with van der Waals surface area (Å²) in [6.07, 6.45) is 5.94. The number of benzene rings is 1. The van der Waals surface area contributed by atoms with Crippen molar-refractivity contribution in [1.82, 2.24) is 28.8 Å². The first-order valence-corrected chi connectivity index (χ1v) is 18.1. The number of amides is 1. The van der Waals surface area contributed by atoms with E-state index in [1.54, 1.807) is 41.4 Å². The van der Waals surface area contributed by atoms with Gasteiger partial charge >= 0.3 is 6.09 Å². The molecule has 2 saturated heterocycles. The summed E-state index contributed by atoms with van der Waals surface area (Å²) in [6.45, 7) is 6.29. The van der Waals surface area contributed by atoms with Crippen LogP contribution in [0.25, 0.3) is 16.8 Å². The monoisotopic (exact) mass is 684 g/mol. The smallest absolute Gasteiger partial charge is 0.410 e. The molecule has 49 heavy (non-hydrogen) atoms. The molecule has 3 aromatic heterocycles. The number of rotatable bonds is 7. The van der Waals surface area contributed by atoms with Gasteiger partial charge in [0.15, 0.2) is 11.5 Å². The number of ether oxygens (including phenoxy) is 1. The topological polar surface area (TPSA) is 166 Å². The van der Waals surface area contributed by atoms with Gasteiger partial charge in [0.05, 0.1) is 34.6 Å². The van der Waals surface area contributed by atoms with Crippen LogP contribution in [0.2, 0.25) is 0 Å². The van der Waals surface area contributed by atoms with Crippen LogP contribution in [0.4, 0.5) is 10.6 Å². The number of sulfonamides is 1. The van der Waals surface area contributed by atoms with Crippen LogP contribution in [-0.4, -0.2) is 85.8 Å². The Hall–Kier alpha value is -4.58. The summed E-state index contributed by atoms with van der Waals surface area (Å²) in [6, 6.07) is 15.9. The van der Waals surface area contributed by atoms with Gasteiger partial charge in [0, 0.05) is 32.0 Å². The number of hydrogen-bond donors (Lipinski definition) is 2. The number of aliphatic hydroxyl groups excluding tert-OH is 1. The molecule has 4 aromatic rings. The van der Waals surface area contributed by atoms with Gasteiger partial charge < -0.3 is 15.2 Å². The van der Waals surface area contributed by atoms with Crippen LogP contribution in [0.1, 0.15) is 70.3 Å². The van der Waals surface area contributed by atoms with E-state index in [0.29, 0.717) is 30.3 Å². The third-order valence-electron chi connectivity index (χ3n) is 9.59. The van der Waals surface area contributed by atoms with Crippen molar-refractivity contribution in [3.8, 4) is 17.2 Å². The third-order valence-corrected chi connectivity index (χ3v) is 11.5. The molecule has 3 aliphatic rings. The van der Waals surface area contributed by atoms with Gasteiger partial charge in [0.2, 0.25) is 10.0 Å². The van der Waals surface area contributed by atoms with Gasteiger partial charge in [-0.05, 0) is 99.9 Å². The Morgan fingerprint density at radius 3 is 2.45 bits per heavy atom. The number of fused-ring (bicyclic) bond motifs is 1. The van der Waals surface area contributed by atoms with Crippen molar-refractivity contribution in [2.75, 3.05) is 25.0 Å². The van der Waals surface area contributed by atoms with Crippen molar-refractivity contribution in [3.63, 3.8) is 0 Å². The van der Waals surface area contributed by atoms with Gasteiger partial charge in [0.1, 0.15) is 11.4 Å². The quantitative estimate of drug-likeness (QED) is 0.280. The van der Waals surface area contributed by atoms with Crippen molar-refractivity contribution in [1.29, 1.82) is 5.26 Å². The largest absolute Gasteiger partial charge is 0.444 e. The fraction of sp³-hybridized carbons (Fsp3) is 0.457. The van der Waals surface area contributed by atoms with Crippen molar-refractivity contribution < 1.29 is 23.1 Å². The zero-order valence-corrected chi connectivity index (χ0v) is 28.6. The number of nitriles is 1. The molecule has 0 radical (unpaired) electrons. The van der Waals surface area contributed by atoms with Crippen LogP contribution in [0.15, 0.2) is 65.8 Å². The van der Waals surface area contributed by atoms with E-state index in [4.69, 9.17) is 4.74 Å². The van der Waals surface area contributed by atoms with Crippen molar-refractivity contribution in [2.45, 2.75) is 87.0 Å². The summed E-state index contributed by atoms with van der Waals surface area (Å²) in [5, 5.41) is 32.3. The normalized spacial score (nSPS) is 22.5. The van der Waals surface area contributed by atoms with E-state index in [1.165, 1.54) is 4.31 Å². The van der Waals surface area contributed by atoms with E-state index in [-0.39, 0.29) is 36.2 Å². The Morgan fingerprint density at radius 1 is 1.04 bits per heavy atom. The van der Waals surface area contributed by atoms with Crippen LogP contribution in [-0.2, 0) is 20.2 Å². The molecule has 1 saturated carbocycles. The molecule has 0 spiro atoms. The molecule has 14 heteroatoms. The molecule has 0 unspecified atom stereocenters. The summed E-state index contributed by atoms with van der Waals surface area (Å²) < 4.78 is 36.1. The van der Waals surface area contributed by atoms with Crippen molar-refractivity contribution in [2.24, 2.45) is 0 Å². The minimum atomic E-state index is -3.85. The average molecular weight is 685 g/mol. The first-order valence-electron chi connectivity index (χ1n) is 16.6. The molecule has 3 atom stereocenters. The SMILES string of the molecule is CC(C)(C)OC(=O)N1CCC[C@@H]1c1nnc2ccc(-c3ccc(S(=O)(=O)N4CC[C@@H](Nc5ccc(C6(C#N)CC6)cn5)[C@@H](O)C4)cc3)cn12. The van der Waals surface area contributed by atoms with Crippen LogP contribution in [0.3, 0.4) is 0 Å². The first kappa shape index (κ1) is 32.9. The number of likely N-dealkylation sites (tertiary alicyclic amines) is 1. The van der Waals surface area contributed by atoms with Gasteiger partial charge in [0.25, 0.3) is 0 Å². The Kier molecular flexibility index (Phi) is 8.33. The van der Waals surface area contributed by atoms with E-state index >= 15 is 0 Å². The first-order chi connectivity index (χ1) is 23.4. The molecule has 13 nitrogen and oxygen atoms in total. The van der Waals surface area contributed by atoms with Crippen LogP contribution < -0.4 is 5.32 Å². The number of aromatic nitrogens is 4. The van der Waals surface area contributed by atoms with Crippen LogP contribution in [0, 0.1) is 11.3 Å². The maximum absolute atomic E-state index is 13.6. The number of carbonyl (C=O) groups is 1. The molecule has 0 bridgehead atoms. The summed E-state index contributed by atoms with van der Waals surface area (Å²) in [5.41, 5.74) is 2.15. The highest BCUT2D eigenvalue weighted by atomic mass is 32.2. The Morgan fingerprint density at radius 2 is 1.80 bits per heavy atom. The molecule has 1 amide bonds. The maximum atomic E-state index is 13.6. The van der Waals surface area contributed by atoms with Gasteiger partial charge in [-0.25, -0.2) is 18.2 Å². The molecule has 7 rings (SSSR count). The highest BCUT2D eigenvalue weighted by Gasteiger charge is 2.45. The second-order valence-corrected chi connectivity index (χ2v) is 16.1. The average Bonchev–Trinajstić information content (AvgIpc) is 3.52. The number of hydrogen-bond acceptors (Lipinski definition) is 10. The van der Waals surface area contributed by atoms with E-state index in [0.717, 1.165) is 42.4 Å². The van der Waals surface area contributed by atoms with Gasteiger partial charge in [-0.1, -0.05) is 18.2 Å². The number of pyridine rings is 2. The number of aliphatic hydroxyl groups is 1. The molecule has 1 aromatic carbocycles. The summed E-state index contributed by atoms with van der Waals surface area (Å²) in [5.74, 6) is 1.23. The maximum Gasteiger partial charge on any atom is 0.410 e. The highest BCUT2D eigenvalue weighted by molar-refractivity contribution is 7.89. The molecule has 256 valence electrons. The van der Waals surface area contributed by atoms with Crippen LogP contribution >= 0.6 is 0 Å². The Bertz CT molecular complexity index is 2010. The van der Waals surface area contributed by atoms with Crippen LogP contribution in [0.5, 0.6) is 0 Å². The minimum Gasteiger partial charge on any atom is -0.444 e. The van der Waals surface area contributed by atoms with E-state index in [9.17, 15) is 23.6 Å². The van der Waals surface area contributed by atoms with Gasteiger partial charge in [-0.3, -0.25) is 9.30 Å². The number of piperidine rings is 1. The van der Waals surface area contributed by atoms with Gasteiger partial charge in [-0.2, -0.15) is 9.57 Å². The minimum absolute atomic E-state index is 0.0497. The predicted octanol–water partition coefficient (Wildman–Crippen LogP) is 4.65. The van der Waals surface area contributed by atoms with E-state index in [2.05, 4.69) is 26.6 Å². The van der Waals surface area contributed by atoms with E-state index < -0.39 is 27.1 Å². The molecule has 1 aliphatic carbocycles. The number of β-amino-alcohol motifs (C(OH)–C–C–N with tert-alkyl or cyclic N) is 1. The molecule has 3 fully saturated rings. The second kappa shape index (κ2) is 12.4. The third kappa shape index (κ3) is 6.46. The molecular weight excluding hydrogens is 645 g/mol. The van der Waals surface area contributed by atoms with Crippen molar-refractivity contribution >= 4 is 27.6 Å². The lowest BCUT2D eigenvalue weighted by Gasteiger charge is -2.35. The fourth-order valence-corrected chi connectivity index (χ4v) is 8.15. The lowest BCUT2D eigenvalue weighted by molar-refractivity contribution is 0.0217. The molecule has 2 aliphatic heterocycles. The van der Waals surface area contributed by atoms with E-state index in [1.807, 2.05) is 49.6 Å². The molecular formula is C35H40N8O5S. The Labute approximate surface area is 285 Å². The number of nitrogens with zero attached hydrogens (tertiary/aromatic N) is 7. The lowest BCUT2D eigenvalue weighted by Crippen LogP contribution is -2.51. The zero-order valence-electron chi connectivity index (χ0n) is 27.8. The zero-order chi connectivity index (χ0) is 34.6. The summed E-state index contributed by atoms with van der Waals surface area (Å²) >= 11 is 0. The number of carbonyl (C=O) groups excluding carboxylic acids is 1. The summed E-state index contributed by atoms with van der Waals surface area (Å²) in [4.78, 5) is 19.2. The molecule has 2 N–H and O–H groups in total. The lowest BCUT2D eigenvalue weighted by atomic mass is 10.00. The van der Waals surface area contributed by atoms with Gasteiger partial charge in [-0.15, -0.1) is 10.2 Å². The molecule has 5 heterocycles. The number of anilines is 1. The van der Waals surface area contributed by atoms with Crippen molar-refractivity contribution in [3.05, 3.63) is 72.3 Å². The Balaban J connectivity index is 1.02. The predicted molar refractivity (Wildman–Crippen MR) is 181 cm³/mol. The second-order valence-electron chi connectivity index (χ2n) is 14.2. The standard InChI is InChI=1S/C35H40N8O5S/c1-34(2,3)48-33(45)42-17-4-5-28(42)32-40-39-31-13-8-24(20-43(31)32)23-6-10-26(11-7-23)49(46,47)41-18-14-27(29(44)21-41)38-30-12-9-25(19-37-30)35(22-36)15-16-35/h6-13,19-20,27-29,44H,4-5,14-18,21H2,1-3H3,(H,37,38)/t27-,28-,29+/m1/s1.